The molecule has 0 rings (SSSR count). The van der Waals surface area contributed by atoms with Crippen LogP contribution in [0.1, 0.15) is 97.3 Å². The molecule has 0 saturated carbocycles. The second-order valence-corrected chi connectivity index (χ2v) is 7.91. The molecule has 0 aliphatic rings. The van der Waals surface area contributed by atoms with Gasteiger partial charge in [0.05, 0.1) is 0 Å². The van der Waals surface area contributed by atoms with Gasteiger partial charge in [-0.05, 0) is 13.3 Å². The highest BCUT2D eigenvalue weighted by atomic mass is 32.2. The van der Waals surface area contributed by atoms with Crippen molar-refractivity contribution in [3.8, 4) is 0 Å². The molecule has 0 fully saturated rings. The predicted molar refractivity (Wildman–Crippen MR) is 92.8 cm³/mol. The monoisotopic (exact) mass is 350 g/mol. The zero-order valence-electron chi connectivity index (χ0n) is 14.8. The number of hydrogen-bond donors (Lipinski definition) is 1. The molecule has 0 aliphatic heterocycles. The summed E-state index contributed by atoms with van der Waals surface area (Å²) in [7, 11) is -4.30. The van der Waals surface area contributed by atoms with Crippen molar-refractivity contribution < 1.29 is 22.5 Å². The van der Waals surface area contributed by atoms with E-state index in [9.17, 15) is 13.2 Å². The average molecular weight is 351 g/mol. The van der Waals surface area contributed by atoms with Gasteiger partial charge < -0.3 is 4.74 Å². The fourth-order valence-electron chi connectivity index (χ4n) is 2.42. The Kier molecular flexibility index (Phi) is 13.4. The van der Waals surface area contributed by atoms with Crippen molar-refractivity contribution in [1.82, 2.24) is 0 Å². The third-order valence-corrected chi connectivity index (χ3v) is 4.89. The SMILES string of the molecule is CCCCCCCCCCCCCCC(=O)OC(C)S(=O)(=O)O. The number of carbonyl (C=O) groups is 1. The van der Waals surface area contributed by atoms with Gasteiger partial charge in [0.25, 0.3) is 0 Å². The maximum atomic E-state index is 11.4. The minimum absolute atomic E-state index is 0.206. The minimum Gasteiger partial charge on any atom is -0.444 e. The van der Waals surface area contributed by atoms with Crippen LogP contribution >= 0.6 is 0 Å². The molecule has 1 unspecified atom stereocenters. The Balaban J connectivity index is 3.35. The first-order valence-electron chi connectivity index (χ1n) is 9.03. The average Bonchev–Trinajstić information content (AvgIpc) is 2.47. The molecule has 1 N–H and O–H groups in total. The van der Waals surface area contributed by atoms with Crippen LogP contribution in [0, 0.1) is 0 Å². The second kappa shape index (κ2) is 13.8. The van der Waals surface area contributed by atoms with Gasteiger partial charge in [0.1, 0.15) is 0 Å². The Morgan fingerprint density at radius 1 is 0.870 bits per heavy atom. The van der Waals surface area contributed by atoms with Crippen LogP contribution in [0.25, 0.3) is 0 Å². The molecule has 6 heteroatoms. The highest BCUT2D eigenvalue weighted by molar-refractivity contribution is 7.86. The summed E-state index contributed by atoms with van der Waals surface area (Å²) in [5, 5.41) is 0. The van der Waals surface area contributed by atoms with E-state index in [2.05, 4.69) is 11.7 Å². The summed E-state index contributed by atoms with van der Waals surface area (Å²) in [5.41, 5.74) is -1.48. The number of rotatable bonds is 15. The van der Waals surface area contributed by atoms with Gasteiger partial charge in [-0.3, -0.25) is 9.35 Å². The quantitative estimate of drug-likeness (QED) is 0.259. The lowest BCUT2D eigenvalue weighted by molar-refractivity contribution is -0.145. The van der Waals surface area contributed by atoms with E-state index < -0.39 is 21.5 Å². The van der Waals surface area contributed by atoms with Crippen LogP contribution < -0.4 is 0 Å². The molecule has 0 aliphatic carbocycles. The van der Waals surface area contributed by atoms with Crippen LogP contribution in [0.2, 0.25) is 0 Å². The summed E-state index contributed by atoms with van der Waals surface area (Å²) >= 11 is 0. The lowest BCUT2D eigenvalue weighted by Crippen LogP contribution is -2.23. The zero-order valence-corrected chi connectivity index (χ0v) is 15.6. The van der Waals surface area contributed by atoms with Crippen LogP contribution in [0.4, 0.5) is 0 Å². The maximum absolute atomic E-state index is 11.4. The van der Waals surface area contributed by atoms with E-state index in [1.54, 1.807) is 0 Å². The smallest absolute Gasteiger partial charge is 0.307 e. The van der Waals surface area contributed by atoms with E-state index in [1.165, 1.54) is 57.8 Å². The summed E-state index contributed by atoms with van der Waals surface area (Å²) in [5.74, 6) is -0.567. The van der Waals surface area contributed by atoms with E-state index in [4.69, 9.17) is 4.55 Å². The molecule has 0 aromatic heterocycles. The molecular formula is C17H34O5S. The summed E-state index contributed by atoms with van der Waals surface area (Å²) in [6, 6.07) is 0. The molecule has 0 aromatic carbocycles. The molecule has 0 heterocycles. The number of esters is 1. The van der Waals surface area contributed by atoms with E-state index in [-0.39, 0.29) is 6.42 Å². The van der Waals surface area contributed by atoms with E-state index in [0.29, 0.717) is 6.42 Å². The summed E-state index contributed by atoms with van der Waals surface area (Å²) in [6.45, 7) is 3.38. The summed E-state index contributed by atoms with van der Waals surface area (Å²) in [6.07, 6.45) is 14.7. The highest BCUT2D eigenvalue weighted by Gasteiger charge is 2.21. The Labute approximate surface area is 141 Å². The van der Waals surface area contributed by atoms with E-state index >= 15 is 0 Å². The normalized spacial score (nSPS) is 13.0. The lowest BCUT2D eigenvalue weighted by atomic mass is 10.0. The van der Waals surface area contributed by atoms with E-state index in [1.807, 2.05) is 0 Å². The van der Waals surface area contributed by atoms with Gasteiger partial charge in [-0.25, -0.2) is 0 Å². The van der Waals surface area contributed by atoms with Crippen LogP contribution in [0.15, 0.2) is 0 Å². The van der Waals surface area contributed by atoms with Gasteiger partial charge in [-0.2, -0.15) is 8.42 Å². The fraction of sp³-hybridized carbons (Fsp3) is 0.941. The van der Waals surface area contributed by atoms with Crippen LogP contribution in [0.3, 0.4) is 0 Å². The Hall–Kier alpha value is -0.620. The topological polar surface area (TPSA) is 80.7 Å². The Morgan fingerprint density at radius 3 is 1.65 bits per heavy atom. The van der Waals surface area contributed by atoms with Gasteiger partial charge in [0.15, 0.2) is 0 Å². The molecular weight excluding hydrogens is 316 g/mol. The second-order valence-electron chi connectivity index (χ2n) is 6.21. The molecule has 138 valence electrons. The largest absolute Gasteiger partial charge is 0.444 e. The van der Waals surface area contributed by atoms with Gasteiger partial charge in [-0.15, -0.1) is 0 Å². The van der Waals surface area contributed by atoms with Gasteiger partial charge in [-0.1, -0.05) is 77.6 Å². The Bertz CT molecular complexity index is 392. The zero-order chi connectivity index (χ0) is 17.6. The first-order chi connectivity index (χ1) is 10.9. The number of hydrogen-bond acceptors (Lipinski definition) is 4. The number of ether oxygens (including phenoxy) is 1. The Morgan fingerprint density at radius 2 is 1.26 bits per heavy atom. The van der Waals surface area contributed by atoms with Crippen molar-refractivity contribution in [2.45, 2.75) is 103 Å². The van der Waals surface area contributed by atoms with Crippen molar-refractivity contribution in [1.29, 1.82) is 0 Å². The van der Waals surface area contributed by atoms with Crippen molar-refractivity contribution in [2.75, 3.05) is 0 Å². The molecule has 23 heavy (non-hydrogen) atoms. The van der Waals surface area contributed by atoms with Crippen molar-refractivity contribution in [3.63, 3.8) is 0 Å². The predicted octanol–water partition coefficient (Wildman–Crippen LogP) is 4.85. The third-order valence-electron chi connectivity index (χ3n) is 3.95. The summed E-state index contributed by atoms with van der Waals surface area (Å²) in [4.78, 5) is 11.4. The van der Waals surface area contributed by atoms with Gasteiger partial charge in [0.2, 0.25) is 5.44 Å². The van der Waals surface area contributed by atoms with Crippen LogP contribution in [-0.2, 0) is 19.6 Å². The number of unbranched alkanes of at least 4 members (excludes halogenated alkanes) is 11. The van der Waals surface area contributed by atoms with E-state index in [0.717, 1.165) is 19.8 Å². The molecule has 5 nitrogen and oxygen atoms in total. The fourth-order valence-corrected chi connectivity index (χ4v) is 2.64. The lowest BCUT2D eigenvalue weighted by Gasteiger charge is -2.09. The maximum Gasteiger partial charge on any atom is 0.307 e. The minimum atomic E-state index is -4.30. The van der Waals surface area contributed by atoms with Crippen LogP contribution in [-0.4, -0.2) is 24.4 Å². The van der Waals surface area contributed by atoms with Crippen LogP contribution in [0.5, 0.6) is 0 Å². The standard InChI is InChI=1S/C17H34O5S/c1-3-4-5-6-7-8-9-10-11-12-13-14-15-17(18)22-16(2)23(19,20)21/h16H,3-15H2,1-2H3,(H,19,20,21). The molecule has 0 spiro atoms. The first-order valence-corrected chi connectivity index (χ1v) is 10.5. The van der Waals surface area contributed by atoms with Crippen molar-refractivity contribution >= 4 is 16.1 Å². The molecule has 0 bridgehead atoms. The van der Waals surface area contributed by atoms with Gasteiger partial charge in [0, 0.05) is 6.42 Å². The molecule has 0 radical (unpaired) electrons. The molecule has 0 amide bonds. The van der Waals surface area contributed by atoms with Gasteiger partial charge >= 0.3 is 16.1 Å². The molecule has 1 atom stereocenters. The van der Waals surface area contributed by atoms with Crippen molar-refractivity contribution in [2.24, 2.45) is 0 Å². The third kappa shape index (κ3) is 14.7. The number of carbonyl (C=O) groups excluding carboxylic acids is 1. The highest BCUT2D eigenvalue weighted by Crippen LogP contribution is 2.13. The molecule has 0 aromatic rings. The van der Waals surface area contributed by atoms with Crippen molar-refractivity contribution in [3.05, 3.63) is 0 Å². The summed E-state index contributed by atoms with van der Waals surface area (Å²) < 4.78 is 34.8. The first kappa shape index (κ1) is 22.4. The molecule has 0 saturated heterocycles.